The van der Waals surface area contributed by atoms with E-state index in [-0.39, 0.29) is 24.4 Å². The summed E-state index contributed by atoms with van der Waals surface area (Å²) in [7, 11) is 0. The third-order valence-electron chi connectivity index (χ3n) is 4.34. The Bertz CT molecular complexity index is 751. The fourth-order valence-corrected chi connectivity index (χ4v) is 3.03. The lowest BCUT2D eigenvalue weighted by Gasteiger charge is -2.41. The maximum Gasteiger partial charge on any atom is 0.358 e. The molecule has 2 saturated heterocycles. The van der Waals surface area contributed by atoms with Gasteiger partial charge in [0.25, 0.3) is 5.78 Å². The fourth-order valence-electron chi connectivity index (χ4n) is 3.03. The van der Waals surface area contributed by atoms with E-state index in [1.807, 2.05) is 0 Å². The largest absolute Gasteiger partial charge is 0.358 e. The lowest BCUT2D eigenvalue weighted by Crippen LogP contribution is -2.61. The molecule has 9 nitrogen and oxygen atoms in total. The highest BCUT2D eigenvalue weighted by Crippen LogP contribution is 2.22. The summed E-state index contributed by atoms with van der Waals surface area (Å²) in [6, 6.07) is 6.45. The van der Waals surface area contributed by atoms with Crippen LogP contribution in [-0.4, -0.2) is 64.1 Å². The molecule has 0 spiro atoms. The first-order valence-corrected chi connectivity index (χ1v) is 8.29. The van der Waals surface area contributed by atoms with E-state index in [2.05, 4.69) is 5.43 Å². The van der Waals surface area contributed by atoms with Gasteiger partial charge in [-0.3, -0.25) is 19.8 Å². The number of aldehydes is 1. The van der Waals surface area contributed by atoms with E-state index in [1.54, 1.807) is 18.2 Å². The summed E-state index contributed by atoms with van der Waals surface area (Å²) in [5.74, 6) is -2.09. The minimum Gasteiger partial charge on any atom is -0.301 e. The number of fused-ring (bicyclic) bond motifs is 1. The Morgan fingerprint density at radius 1 is 1.12 bits per heavy atom. The molecule has 0 aromatic heterocycles. The van der Waals surface area contributed by atoms with Crippen LogP contribution in [-0.2, 0) is 14.4 Å². The molecule has 2 heterocycles. The molecule has 0 bridgehead atoms. The van der Waals surface area contributed by atoms with Crippen LogP contribution in [0.3, 0.4) is 0 Å². The first kappa shape index (κ1) is 17.6. The molecule has 26 heavy (non-hydrogen) atoms. The van der Waals surface area contributed by atoms with Crippen molar-refractivity contribution in [3.05, 3.63) is 35.9 Å². The van der Waals surface area contributed by atoms with Crippen molar-refractivity contribution in [1.82, 2.24) is 20.5 Å². The fraction of sp³-hybridized carbons (Fsp3) is 0.353. The zero-order chi connectivity index (χ0) is 18.7. The molecular formula is C17H18N4O5. The first-order chi connectivity index (χ1) is 12.5. The van der Waals surface area contributed by atoms with Gasteiger partial charge in [-0.1, -0.05) is 30.3 Å². The Morgan fingerprint density at radius 3 is 2.54 bits per heavy atom. The smallest absolute Gasteiger partial charge is 0.301 e. The van der Waals surface area contributed by atoms with Crippen LogP contribution in [0.4, 0.5) is 4.79 Å². The highest BCUT2D eigenvalue weighted by atomic mass is 16.2. The van der Waals surface area contributed by atoms with Gasteiger partial charge in [0.2, 0.25) is 5.91 Å². The summed E-state index contributed by atoms with van der Waals surface area (Å²) in [6.07, 6.45) is 1.63. The van der Waals surface area contributed by atoms with Crippen LogP contribution in [0.1, 0.15) is 29.6 Å². The Balaban J connectivity index is 1.78. The first-order valence-electron chi connectivity index (χ1n) is 8.29. The molecular weight excluding hydrogens is 340 g/mol. The average Bonchev–Trinajstić information content (AvgIpc) is 2.80. The molecule has 4 amide bonds. The molecule has 1 N–H and O–H groups in total. The van der Waals surface area contributed by atoms with Gasteiger partial charge in [0.05, 0.1) is 6.54 Å². The quantitative estimate of drug-likeness (QED) is 0.468. The van der Waals surface area contributed by atoms with Crippen LogP contribution >= 0.6 is 0 Å². The number of nitrogens with zero attached hydrogens (tertiary/aromatic N) is 3. The van der Waals surface area contributed by atoms with Crippen molar-refractivity contribution in [2.75, 3.05) is 13.1 Å². The topological polar surface area (TPSA) is 107 Å². The number of hydrazine groups is 2. The van der Waals surface area contributed by atoms with Crippen molar-refractivity contribution < 1.29 is 24.0 Å². The summed E-state index contributed by atoms with van der Waals surface area (Å²) < 4.78 is 0. The maximum atomic E-state index is 12.8. The molecule has 0 aliphatic carbocycles. The van der Waals surface area contributed by atoms with Gasteiger partial charge < -0.3 is 4.79 Å². The highest BCUT2D eigenvalue weighted by molar-refractivity contribution is 6.42. The van der Waals surface area contributed by atoms with E-state index in [1.165, 1.54) is 17.1 Å². The lowest BCUT2D eigenvalue weighted by atomic mass is 10.1. The van der Waals surface area contributed by atoms with Gasteiger partial charge in [0, 0.05) is 18.5 Å². The zero-order valence-corrected chi connectivity index (χ0v) is 14.0. The zero-order valence-electron chi connectivity index (χ0n) is 14.0. The number of urea groups is 1. The van der Waals surface area contributed by atoms with Crippen LogP contribution in [0.25, 0.3) is 0 Å². The van der Waals surface area contributed by atoms with Crippen LogP contribution in [0.2, 0.25) is 0 Å². The van der Waals surface area contributed by atoms with Gasteiger partial charge in [-0.15, -0.1) is 0 Å². The van der Waals surface area contributed by atoms with E-state index >= 15 is 0 Å². The number of amides is 4. The summed E-state index contributed by atoms with van der Waals surface area (Å²) in [5.41, 5.74) is 2.45. The van der Waals surface area contributed by atoms with Gasteiger partial charge in [-0.05, 0) is 12.8 Å². The SMILES string of the molecule is O=C[C@@H]1CCCN2C(=O)CCN(NC(=O)C(=O)c3ccccc3)C(=O)N12. The van der Waals surface area contributed by atoms with Crippen molar-refractivity contribution >= 4 is 29.9 Å². The Kier molecular flexibility index (Phi) is 4.97. The summed E-state index contributed by atoms with van der Waals surface area (Å²) in [4.78, 5) is 60.7. The van der Waals surface area contributed by atoms with E-state index in [4.69, 9.17) is 0 Å². The summed E-state index contributed by atoms with van der Waals surface area (Å²) >= 11 is 0. The van der Waals surface area contributed by atoms with Crippen LogP contribution < -0.4 is 5.43 Å². The van der Waals surface area contributed by atoms with E-state index in [0.717, 1.165) is 10.0 Å². The lowest BCUT2D eigenvalue weighted by molar-refractivity contribution is -0.151. The number of benzene rings is 1. The van der Waals surface area contributed by atoms with E-state index < -0.39 is 23.8 Å². The molecule has 2 fully saturated rings. The summed E-state index contributed by atoms with van der Waals surface area (Å²) in [5, 5.41) is 3.23. The molecule has 3 rings (SSSR count). The molecule has 9 heteroatoms. The Hall–Kier alpha value is -3.23. The molecule has 1 atom stereocenters. The van der Waals surface area contributed by atoms with Gasteiger partial charge in [0.1, 0.15) is 12.3 Å². The molecule has 2 aliphatic heterocycles. The minimum absolute atomic E-state index is 0.0202. The molecule has 0 unspecified atom stereocenters. The second kappa shape index (κ2) is 7.34. The van der Waals surface area contributed by atoms with E-state index in [9.17, 15) is 24.0 Å². The Labute approximate surface area is 149 Å². The summed E-state index contributed by atoms with van der Waals surface area (Å²) in [6.45, 7) is 0.254. The van der Waals surface area contributed by atoms with Crippen molar-refractivity contribution in [3.8, 4) is 0 Å². The van der Waals surface area contributed by atoms with Crippen molar-refractivity contribution in [2.45, 2.75) is 25.3 Å². The highest BCUT2D eigenvalue weighted by Gasteiger charge is 2.41. The van der Waals surface area contributed by atoms with Gasteiger partial charge >= 0.3 is 11.9 Å². The second-order valence-corrected chi connectivity index (χ2v) is 6.03. The molecule has 136 valence electrons. The second-order valence-electron chi connectivity index (χ2n) is 6.03. The average molecular weight is 358 g/mol. The number of rotatable bonds is 4. The predicted octanol–water partition coefficient (Wildman–Crippen LogP) is 0.133. The number of Topliss-reactive ketones (excluding diaryl/α,β-unsaturated/α-hetero) is 1. The van der Waals surface area contributed by atoms with Gasteiger partial charge in [0.15, 0.2) is 0 Å². The van der Waals surface area contributed by atoms with Crippen LogP contribution in [0, 0.1) is 0 Å². The monoisotopic (exact) mass is 358 g/mol. The molecule has 0 saturated carbocycles. The van der Waals surface area contributed by atoms with Crippen LogP contribution in [0.5, 0.6) is 0 Å². The van der Waals surface area contributed by atoms with Crippen molar-refractivity contribution in [3.63, 3.8) is 0 Å². The maximum absolute atomic E-state index is 12.8. The Morgan fingerprint density at radius 2 is 1.85 bits per heavy atom. The minimum atomic E-state index is -0.981. The number of hydrogen-bond acceptors (Lipinski definition) is 5. The number of carbonyl (C=O) groups is 5. The molecule has 1 aromatic carbocycles. The van der Waals surface area contributed by atoms with Gasteiger partial charge in [-0.25, -0.2) is 19.8 Å². The third kappa shape index (κ3) is 3.28. The molecule has 1 aromatic rings. The number of hydrogen-bond donors (Lipinski definition) is 1. The molecule has 0 radical (unpaired) electrons. The van der Waals surface area contributed by atoms with Crippen LogP contribution in [0.15, 0.2) is 30.3 Å². The van der Waals surface area contributed by atoms with E-state index in [0.29, 0.717) is 25.7 Å². The standard InChI is InChI=1S/C17H18N4O5/c22-11-13-7-4-9-20-14(23)8-10-19(17(26)21(13)20)18-16(25)15(24)12-5-2-1-3-6-12/h1-3,5-6,11,13H,4,7-10H2,(H,18,25)/t13-/m0/s1. The van der Waals surface area contributed by atoms with Crippen molar-refractivity contribution in [2.24, 2.45) is 0 Å². The normalized spacial score (nSPS) is 20.3. The molecule has 2 aliphatic rings. The number of ketones is 1. The van der Waals surface area contributed by atoms with Crippen molar-refractivity contribution in [1.29, 1.82) is 0 Å². The predicted molar refractivity (Wildman–Crippen MR) is 88.3 cm³/mol. The third-order valence-corrected chi connectivity index (χ3v) is 4.34. The number of nitrogens with one attached hydrogen (secondary N) is 1. The van der Waals surface area contributed by atoms with Gasteiger partial charge in [-0.2, -0.15) is 0 Å². The number of carbonyl (C=O) groups excluding carboxylic acids is 5.